The molecule has 6 heteroatoms. The summed E-state index contributed by atoms with van der Waals surface area (Å²) in [5.41, 5.74) is 5.91. The van der Waals surface area contributed by atoms with Gasteiger partial charge in [-0.3, -0.25) is 4.79 Å². The fourth-order valence-electron chi connectivity index (χ4n) is 2.71. The Hall–Kier alpha value is -0.620. The molecule has 1 fully saturated rings. The summed E-state index contributed by atoms with van der Waals surface area (Å²) in [6.45, 7) is 4.87. The molecule has 0 heterocycles. The predicted molar refractivity (Wildman–Crippen MR) is 81.1 cm³/mol. The van der Waals surface area contributed by atoms with Crippen LogP contribution < -0.4 is 5.73 Å². The van der Waals surface area contributed by atoms with E-state index in [0.29, 0.717) is 12.5 Å². The van der Waals surface area contributed by atoms with Gasteiger partial charge in [0.1, 0.15) is 9.84 Å². The lowest BCUT2D eigenvalue weighted by atomic mass is 10.1. The largest absolute Gasteiger partial charge is 0.338 e. The first kappa shape index (κ1) is 17.4. The number of carbonyl (C=O) groups excluding carboxylic acids is 1. The van der Waals surface area contributed by atoms with Crippen LogP contribution in [0, 0.1) is 5.92 Å². The first-order chi connectivity index (χ1) is 9.20. The van der Waals surface area contributed by atoms with E-state index in [4.69, 9.17) is 5.73 Å². The van der Waals surface area contributed by atoms with Gasteiger partial charge in [0.2, 0.25) is 5.91 Å². The minimum absolute atomic E-state index is 0.0277. The summed E-state index contributed by atoms with van der Waals surface area (Å²) < 4.78 is 22.4. The van der Waals surface area contributed by atoms with Crippen molar-refractivity contribution in [3.05, 3.63) is 0 Å². The van der Waals surface area contributed by atoms with E-state index in [1.54, 1.807) is 0 Å². The van der Waals surface area contributed by atoms with Gasteiger partial charge in [0, 0.05) is 18.8 Å². The lowest BCUT2D eigenvalue weighted by molar-refractivity contribution is -0.135. The molecule has 0 spiro atoms. The van der Waals surface area contributed by atoms with Gasteiger partial charge in [0.25, 0.3) is 0 Å². The molecule has 1 amide bonds. The van der Waals surface area contributed by atoms with E-state index in [1.165, 1.54) is 6.26 Å². The van der Waals surface area contributed by atoms with Crippen molar-refractivity contribution in [1.82, 2.24) is 4.90 Å². The van der Waals surface area contributed by atoms with Crippen molar-refractivity contribution in [1.29, 1.82) is 0 Å². The lowest BCUT2D eigenvalue weighted by Crippen LogP contribution is -2.49. The van der Waals surface area contributed by atoms with Crippen LogP contribution in [0.4, 0.5) is 0 Å². The number of amides is 1. The summed E-state index contributed by atoms with van der Waals surface area (Å²) >= 11 is 0. The highest BCUT2D eigenvalue weighted by Gasteiger charge is 2.30. The first-order valence-corrected chi connectivity index (χ1v) is 9.50. The van der Waals surface area contributed by atoms with Crippen molar-refractivity contribution in [2.24, 2.45) is 11.7 Å². The third-order valence-electron chi connectivity index (χ3n) is 3.73. The van der Waals surface area contributed by atoms with E-state index in [2.05, 4.69) is 13.8 Å². The third-order valence-corrected chi connectivity index (χ3v) is 4.70. The van der Waals surface area contributed by atoms with Crippen molar-refractivity contribution < 1.29 is 13.2 Å². The maximum Gasteiger partial charge on any atom is 0.239 e. The molecule has 1 saturated carbocycles. The monoisotopic (exact) mass is 304 g/mol. The SMILES string of the molecule is CC(C)CN(C(=O)C(N)CCS(C)(=O)=O)C1CCCC1. The maximum absolute atomic E-state index is 12.5. The molecule has 5 nitrogen and oxygen atoms in total. The van der Waals surface area contributed by atoms with Crippen molar-refractivity contribution in [3.63, 3.8) is 0 Å². The fourth-order valence-corrected chi connectivity index (χ4v) is 3.39. The smallest absolute Gasteiger partial charge is 0.239 e. The zero-order valence-electron chi connectivity index (χ0n) is 12.8. The molecule has 20 heavy (non-hydrogen) atoms. The summed E-state index contributed by atoms with van der Waals surface area (Å²) in [5, 5.41) is 0. The molecule has 0 aromatic heterocycles. The number of hydrogen-bond acceptors (Lipinski definition) is 4. The lowest BCUT2D eigenvalue weighted by Gasteiger charge is -2.32. The molecule has 1 unspecified atom stereocenters. The van der Waals surface area contributed by atoms with Gasteiger partial charge < -0.3 is 10.6 Å². The average Bonchev–Trinajstić information content (AvgIpc) is 2.84. The second-order valence-electron chi connectivity index (χ2n) is 6.35. The average molecular weight is 304 g/mol. The molecular formula is C14H28N2O3S. The number of sulfone groups is 1. The van der Waals surface area contributed by atoms with E-state index >= 15 is 0 Å². The summed E-state index contributed by atoms with van der Waals surface area (Å²) in [6.07, 6.45) is 5.77. The van der Waals surface area contributed by atoms with Crippen molar-refractivity contribution in [3.8, 4) is 0 Å². The summed E-state index contributed by atoms with van der Waals surface area (Å²) in [7, 11) is -3.07. The van der Waals surface area contributed by atoms with Gasteiger partial charge in [0.05, 0.1) is 11.8 Å². The van der Waals surface area contributed by atoms with Crippen LogP contribution in [0.5, 0.6) is 0 Å². The van der Waals surface area contributed by atoms with Crippen LogP contribution in [-0.2, 0) is 14.6 Å². The second-order valence-corrected chi connectivity index (χ2v) is 8.61. The highest BCUT2D eigenvalue weighted by Crippen LogP contribution is 2.25. The molecule has 2 N–H and O–H groups in total. The maximum atomic E-state index is 12.5. The van der Waals surface area contributed by atoms with E-state index in [1.807, 2.05) is 4.90 Å². The number of rotatable bonds is 7. The van der Waals surface area contributed by atoms with Crippen LogP contribution in [0.25, 0.3) is 0 Å². The molecular weight excluding hydrogens is 276 g/mol. The van der Waals surface area contributed by atoms with Crippen molar-refractivity contribution >= 4 is 15.7 Å². The van der Waals surface area contributed by atoms with E-state index in [0.717, 1.165) is 25.7 Å². The molecule has 118 valence electrons. The van der Waals surface area contributed by atoms with Gasteiger partial charge in [0.15, 0.2) is 0 Å². The molecule has 0 aromatic carbocycles. The Morgan fingerprint density at radius 2 is 1.85 bits per heavy atom. The van der Waals surface area contributed by atoms with Gasteiger partial charge in [-0.25, -0.2) is 8.42 Å². The zero-order valence-corrected chi connectivity index (χ0v) is 13.7. The van der Waals surface area contributed by atoms with Crippen molar-refractivity contribution in [2.45, 2.75) is 58.0 Å². The van der Waals surface area contributed by atoms with Crippen LogP contribution in [0.1, 0.15) is 46.0 Å². The minimum Gasteiger partial charge on any atom is -0.338 e. The molecule has 1 rings (SSSR count). The van der Waals surface area contributed by atoms with E-state index < -0.39 is 15.9 Å². The van der Waals surface area contributed by atoms with Crippen LogP contribution in [0.15, 0.2) is 0 Å². The second kappa shape index (κ2) is 7.41. The van der Waals surface area contributed by atoms with Gasteiger partial charge in [-0.15, -0.1) is 0 Å². The zero-order chi connectivity index (χ0) is 15.3. The number of nitrogens with zero attached hydrogens (tertiary/aromatic N) is 1. The first-order valence-electron chi connectivity index (χ1n) is 7.44. The molecule has 1 aliphatic carbocycles. The standard InChI is InChI=1S/C14H28N2O3S/c1-11(2)10-16(12-6-4-5-7-12)14(17)13(15)8-9-20(3,18)19/h11-13H,4-10,15H2,1-3H3. The van der Waals surface area contributed by atoms with Crippen LogP contribution >= 0.6 is 0 Å². The van der Waals surface area contributed by atoms with E-state index in [-0.39, 0.29) is 24.1 Å². The minimum atomic E-state index is -3.07. The quantitative estimate of drug-likeness (QED) is 0.766. The Bertz CT molecular complexity index is 414. The van der Waals surface area contributed by atoms with Gasteiger partial charge >= 0.3 is 0 Å². The van der Waals surface area contributed by atoms with Gasteiger partial charge in [-0.1, -0.05) is 26.7 Å². The molecule has 0 aliphatic heterocycles. The molecule has 0 saturated heterocycles. The Morgan fingerprint density at radius 3 is 2.30 bits per heavy atom. The molecule has 0 radical (unpaired) electrons. The Kier molecular flexibility index (Phi) is 6.45. The van der Waals surface area contributed by atoms with Crippen LogP contribution in [0.3, 0.4) is 0 Å². The number of carbonyl (C=O) groups is 1. The summed E-state index contributed by atoms with van der Waals surface area (Å²) in [5.74, 6) is 0.274. The normalized spacial score (nSPS) is 18.4. The molecule has 0 aromatic rings. The third kappa shape index (κ3) is 5.79. The molecule has 0 bridgehead atoms. The topological polar surface area (TPSA) is 80.5 Å². The Morgan fingerprint density at radius 1 is 1.30 bits per heavy atom. The highest BCUT2D eigenvalue weighted by atomic mass is 32.2. The Balaban J connectivity index is 2.66. The van der Waals surface area contributed by atoms with Crippen LogP contribution in [-0.4, -0.2) is 49.9 Å². The number of hydrogen-bond donors (Lipinski definition) is 1. The Labute approximate surface area is 122 Å². The summed E-state index contributed by atoms with van der Waals surface area (Å²) in [6, 6.07) is -0.418. The van der Waals surface area contributed by atoms with E-state index in [9.17, 15) is 13.2 Å². The van der Waals surface area contributed by atoms with Gasteiger partial charge in [-0.05, 0) is 25.2 Å². The fraction of sp³-hybridized carbons (Fsp3) is 0.929. The highest BCUT2D eigenvalue weighted by molar-refractivity contribution is 7.90. The van der Waals surface area contributed by atoms with Crippen molar-refractivity contribution in [2.75, 3.05) is 18.6 Å². The predicted octanol–water partition coefficient (Wildman–Crippen LogP) is 1.18. The van der Waals surface area contributed by atoms with Gasteiger partial charge in [-0.2, -0.15) is 0 Å². The number of nitrogens with two attached hydrogens (primary N) is 1. The molecule has 1 aliphatic rings. The van der Waals surface area contributed by atoms with Crippen LogP contribution in [0.2, 0.25) is 0 Å². The molecule has 1 atom stereocenters. The summed E-state index contributed by atoms with van der Waals surface area (Å²) in [4.78, 5) is 14.4.